The molecule has 2 aromatic rings. The Labute approximate surface area is 96.2 Å². The summed E-state index contributed by atoms with van der Waals surface area (Å²) in [6.45, 7) is 0. The summed E-state index contributed by atoms with van der Waals surface area (Å²) >= 11 is 2.85. The third-order valence-corrected chi connectivity index (χ3v) is 2.46. The van der Waals surface area contributed by atoms with Crippen molar-refractivity contribution in [3.63, 3.8) is 0 Å². The summed E-state index contributed by atoms with van der Waals surface area (Å²) in [5, 5.41) is 10.1. The van der Waals surface area contributed by atoms with E-state index in [0.29, 0.717) is 0 Å². The van der Waals surface area contributed by atoms with Gasteiger partial charge in [0, 0.05) is 4.47 Å². The van der Waals surface area contributed by atoms with E-state index < -0.39 is 11.7 Å². The van der Waals surface area contributed by atoms with Crippen LogP contribution in [0.2, 0.25) is 0 Å². The van der Waals surface area contributed by atoms with Crippen molar-refractivity contribution in [2.24, 2.45) is 0 Å². The molecule has 83 valence electrons. The van der Waals surface area contributed by atoms with Crippen molar-refractivity contribution >= 4 is 15.9 Å². The van der Waals surface area contributed by atoms with Crippen LogP contribution < -0.4 is 0 Å². The third kappa shape index (κ3) is 1.92. The molecule has 0 fully saturated rings. The molecule has 0 aliphatic carbocycles. The molecule has 0 saturated carbocycles. The zero-order chi connectivity index (χ0) is 11.8. The van der Waals surface area contributed by atoms with Gasteiger partial charge in [-0.3, -0.25) is 0 Å². The van der Waals surface area contributed by atoms with Crippen LogP contribution >= 0.6 is 15.9 Å². The number of hydrogen-bond donors (Lipinski definition) is 0. The van der Waals surface area contributed by atoms with Gasteiger partial charge in [-0.25, -0.2) is 0 Å². The lowest BCUT2D eigenvalue weighted by Crippen LogP contribution is -2.13. The zero-order valence-corrected chi connectivity index (χ0v) is 9.12. The van der Waals surface area contributed by atoms with E-state index in [1.807, 2.05) is 0 Å². The molecule has 1 aromatic heterocycles. The van der Waals surface area contributed by atoms with E-state index in [1.165, 1.54) is 18.2 Å². The lowest BCUT2D eigenvalue weighted by atomic mass is 10.2. The van der Waals surface area contributed by atoms with E-state index in [9.17, 15) is 13.2 Å². The van der Waals surface area contributed by atoms with Gasteiger partial charge in [0.2, 0.25) is 6.33 Å². The molecule has 0 aliphatic heterocycles. The van der Waals surface area contributed by atoms with E-state index in [2.05, 4.69) is 37.7 Å². The first kappa shape index (κ1) is 11.1. The molecule has 0 amide bonds. The van der Waals surface area contributed by atoms with Crippen molar-refractivity contribution in [3.8, 4) is 5.69 Å². The fourth-order valence-corrected chi connectivity index (χ4v) is 1.79. The molecule has 0 N–H and O–H groups in total. The highest BCUT2D eigenvalue weighted by atomic mass is 79.9. The van der Waals surface area contributed by atoms with Crippen LogP contribution in [-0.4, -0.2) is 20.2 Å². The summed E-state index contributed by atoms with van der Waals surface area (Å²) in [6.07, 6.45) is -2.40. The van der Waals surface area contributed by atoms with Gasteiger partial charge >= 0.3 is 6.18 Å². The molecule has 1 radical (unpaired) electrons. The van der Waals surface area contributed by atoms with E-state index in [4.69, 9.17) is 0 Å². The number of alkyl halides is 3. The third-order valence-electron chi connectivity index (χ3n) is 1.80. The molecule has 0 atom stereocenters. The van der Waals surface area contributed by atoms with Crippen LogP contribution in [0.25, 0.3) is 5.69 Å². The minimum Gasteiger partial charge on any atom is -0.166 e. The average molecular weight is 292 g/mol. The molecule has 0 aliphatic rings. The van der Waals surface area contributed by atoms with Gasteiger partial charge in [-0.15, -0.1) is 15.0 Å². The van der Waals surface area contributed by atoms with Gasteiger partial charge in [0.25, 0.3) is 0 Å². The second kappa shape index (κ2) is 3.85. The van der Waals surface area contributed by atoms with Crippen LogP contribution in [0.3, 0.4) is 0 Å². The maximum atomic E-state index is 12.8. The van der Waals surface area contributed by atoms with Gasteiger partial charge in [0.1, 0.15) is 5.69 Å². The summed E-state index contributed by atoms with van der Waals surface area (Å²) in [5.74, 6) is 0. The Kier molecular flexibility index (Phi) is 2.66. The Morgan fingerprint density at radius 1 is 1.31 bits per heavy atom. The molecule has 1 heterocycles. The van der Waals surface area contributed by atoms with E-state index in [1.54, 1.807) is 0 Å². The standard InChI is InChI=1S/C8H3BrF3N4/c9-5-2-1-3-6(7(5)8(10,11)12)16-14-4-13-15-16/h1-3H. The first-order valence-corrected chi connectivity index (χ1v) is 4.81. The molecular weight excluding hydrogens is 289 g/mol. The summed E-state index contributed by atoms with van der Waals surface area (Å²) < 4.78 is 38.2. The maximum absolute atomic E-state index is 12.8. The SMILES string of the molecule is FC(F)(F)c1c(Br)cccc1-n1n[c]nn1. The van der Waals surface area contributed by atoms with Crippen molar-refractivity contribution in [2.75, 3.05) is 0 Å². The monoisotopic (exact) mass is 291 g/mol. The van der Waals surface area contributed by atoms with Crippen LogP contribution in [0.15, 0.2) is 22.7 Å². The van der Waals surface area contributed by atoms with E-state index in [0.717, 1.165) is 4.80 Å². The van der Waals surface area contributed by atoms with Crippen molar-refractivity contribution < 1.29 is 13.2 Å². The smallest absolute Gasteiger partial charge is 0.166 e. The van der Waals surface area contributed by atoms with Gasteiger partial charge in [0.15, 0.2) is 0 Å². The van der Waals surface area contributed by atoms with Gasteiger partial charge < -0.3 is 0 Å². The predicted molar refractivity (Wildman–Crippen MR) is 50.7 cm³/mol. The highest BCUT2D eigenvalue weighted by molar-refractivity contribution is 9.10. The van der Waals surface area contributed by atoms with E-state index >= 15 is 0 Å². The number of nitrogens with zero attached hydrogens (tertiary/aromatic N) is 4. The van der Waals surface area contributed by atoms with Crippen LogP contribution in [0.5, 0.6) is 0 Å². The van der Waals surface area contributed by atoms with E-state index in [-0.39, 0.29) is 10.2 Å². The lowest BCUT2D eigenvalue weighted by Gasteiger charge is -2.12. The molecule has 1 aromatic carbocycles. The molecular formula is C8H3BrF3N4. The summed E-state index contributed by atoms with van der Waals surface area (Å²) in [7, 11) is 0. The number of aromatic nitrogens is 4. The number of benzene rings is 1. The topological polar surface area (TPSA) is 43.6 Å². The van der Waals surface area contributed by atoms with Crippen LogP contribution in [-0.2, 0) is 6.18 Å². The van der Waals surface area contributed by atoms with Gasteiger partial charge in [0.05, 0.1) is 5.56 Å². The molecule has 0 unspecified atom stereocenters. The minimum atomic E-state index is -4.50. The van der Waals surface area contributed by atoms with Crippen molar-refractivity contribution in [2.45, 2.75) is 6.18 Å². The number of tetrazole rings is 1. The predicted octanol–water partition coefficient (Wildman–Crippen LogP) is 2.24. The van der Waals surface area contributed by atoms with Crippen LogP contribution in [0.4, 0.5) is 13.2 Å². The number of rotatable bonds is 1. The van der Waals surface area contributed by atoms with Crippen LogP contribution in [0.1, 0.15) is 5.56 Å². The van der Waals surface area contributed by atoms with Gasteiger partial charge in [-0.1, -0.05) is 22.0 Å². The first-order chi connectivity index (χ1) is 7.50. The second-order valence-corrected chi connectivity index (χ2v) is 3.66. The highest BCUT2D eigenvalue weighted by Crippen LogP contribution is 2.38. The minimum absolute atomic E-state index is 0.0743. The first-order valence-electron chi connectivity index (χ1n) is 4.02. The molecule has 0 spiro atoms. The Bertz CT molecular complexity index is 494. The Morgan fingerprint density at radius 2 is 2.06 bits per heavy atom. The van der Waals surface area contributed by atoms with Gasteiger partial charge in [-0.2, -0.15) is 13.2 Å². The maximum Gasteiger partial charge on any atom is 0.419 e. The quantitative estimate of drug-likeness (QED) is 0.809. The average Bonchev–Trinajstić information content (AvgIpc) is 2.67. The van der Waals surface area contributed by atoms with Crippen molar-refractivity contribution in [1.82, 2.24) is 20.2 Å². The largest absolute Gasteiger partial charge is 0.419 e. The summed E-state index contributed by atoms with van der Waals surface area (Å²) in [4.78, 5) is 0.771. The molecule has 16 heavy (non-hydrogen) atoms. The lowest BCUT2D eigenvalue weighted by molar-refractivity contribution is -0.138. The summed E-state index contributed by atoms with van der Waals surface area (Å²) in [6, 6.07) is 4.01. The van der Waals surface area contributed by atoms with Crippen LogP contribution in [0, 0.1) is 6.33 Å². The van der Waals surface area contributed by atoms with Gasteiger partial charge in [-0.05, 0) is 17.3 Å². The second-order valence-electron chi connectivity index (χ2n) is 2.81. The highest BCUT2D eigenvalue weighted by Gasteiger charge is 2.36. The zero-order valence-electron chi connectivity index (χ0n) is 7.53. The molecule has 2 rings (SSSR count). The normalized spacial score (nSPS) is 11.8. The fraction of sp³-hybridized carbons (Fsp3) is 0.125. The number of hydrogen-bond acceptors (Lipinski definition) is 3. The molecule has 8 heteroatoms. The Hall–Kier alpha value is -1.44. The Balaban J connectivity index is 2.67. The number of halogens is 4. The van der Waals surface area contributed by atoms with Crippen molar-refractivity contribution in [1.29, 1.82) is 0 Å². The molecule has 0 saturated heterocycles. The fourth-order valence-electron chi connectivity index (χ4n) is 1.21. The molecule has 4 nitrogen and oxygen atoms in total. The van der Waals surface area contributed by atoms with Crippen molar-refractivity contribution in [3.05, 3.63) is 34.6 Å². The Morgan fingerprint density at radius 3 is 2.62 bits per heavy atom. The summed E-state index contributed by atoms with van der Waals surface area (Å²) in [5.41, 5.74) is -1.04. The molecule has 0 bridgehead atoms.